The number of carbonyl (C=O) groups is 12. The van der Waals surface area contributed by atoms with Crippen LogP contribution in [-0.2, 0) is 83.2 Å². The highest BCUT2D eigenvalue weighted by molar-refractivity contribution is 8.76. The fourth-order valence-electron chi connectivity index (χ4n) is 12.8. The van der Waals surface area contributed by atoms with Gasteiger partial charge in [0.2, 0.25) is 65.0 Å². The number of aromatic hydroxyl groups is 1. The third-order valence-corrected chi connectivity index (χ3v) is 21.0. The summed E-state index contributed by atoms with van der Waals surface area (Å²) in [6, 6.07) is 15.7. The molecule has 24 N–H and O–H groups in total. The second-order valence-electron chi connectivity index (χ2n) is 27.6. The quantitative estimate of drug-likeness (QED) is 0.0150. The van der Waals surface area contributed by atoms with E-state index in [4.69, 9.17) is 28.7 Å². The lowest BCUT2D eigenvalue weighted by Crippen LogP contribution is -2.62. The molecule has 0 aliphatic carbocycles. The molecular formula is C74H103N19O16S2. The second kappa shape index (κ2) is 43.9. The average molecular weight is 1580 g/mol. The molecule has 5 aromatic rings. The third-order valence-electron chi connectivity index (χ3n) is 18.6. The smallest absolute Gasteiger partial charge is 0.328 e. The van der Waals surface area contributed by atoms with Crippen molar-refractivity contribution < 1.29 is 78.0 Å². The molecule has 4 aromatic carbocycles. The molecule has 0 unspecified atom stereocenters. The Morgan fingerprint density at radius 3 is 1.76 bits per heavy atom. The SMILES string of the molecule is C=C(Nc1ccc(C[C@H]2CN(CC(N)=O)CCN(CC(N)=O)CCN(CC(N)=O)CCN2CC(N)=O)cc1)N[C@H](Cc1ccccc1)C(=O)N[C@H]1CSSC[C@@H](C(=O)N[C@H](C(=O)O)[C@@H](C)O)NC(=O)[C@H]([C@@H](C)O)NC(=O)[C@H](CCCCN)NC(=O)[C@@H](Cc2c[nH]c3ccccc23)NC(=O)[C@H](Cc2ccc(O)cc2)NC1=O. The van der Waals surface area contributed by atoms with Crippen molar-refractivity contribution in [3.63, 3.8) is 0 Å². The van der Waals surface area contributed by atoms with Gasteiger partial charge in [-0.05, 0) is 98.7 Å². The molecule has 111 heavy (non-hydrogen) atoms. The largest absolute Gasteiger partial charge is 0.508 e. The first-order valence-electron chi connectivity index (χ1n) is 36.3. The maximum absolute atomic E-state index is 15.4. The van der Waals surface area contributed by atoms with E-state index in [0.29, 0.717) is 65.8 Å². The maximum Gasteiger partial charge on any atom is 0.328 e. The number of carbonyl (C=O) groups excluding carboxylic acids is 11. The van der Waals surface area contributed by atoms with E-state index < -0.39 is 143 Å². The first-order valence-corrected chi connectivity index (χ1v) is 38.8. The molecule has 0 radical (unpaired) electrons. The van der Waals surface area contributed by atoms with Gasteiger partial charge in [0, 0.05) is 105 Å². The summed E-state index contributed by atoms with van der Waals surface area (Å²) in [5.74, 6) is -11.5. The van der Waals surface area contributed by atoms with E-state index in [9.17, 15) is 58.8 Å². The zero-order valence-corrected chi connectivity index (χ0v) is 63.6. The second-order valence-corrected chi connectivity index (χ2v) is 30.1. The van der Waals surface area contributed by atoms with Crippen LogP contribution in [0.25, 0.3) is 10.9 Å². The number of aliphatic hydroxyl groups excluding tert-OH is 2. The summed E-state index contributed by atoms with van der Waals surface area (Å²) in [6.07, 6.45) is -1.29. The number of amides is 11. The summed E-state index contributed by atoms with van der Waals surface area (Å²) < 4.78 is 0. The summed E-state index contributed by atoms with van der Waals surface area (Å²) in [4.78, 5) is 177. The number of benzene rings is 4. The molecule has 7 rings (SSSR count). The molecular weight excluding hydrogens is 1480 g/mol. The van der Waals surface area contributed by atoms with Gasteiger partial charge in [-0.3, -0.25) is 72.3 Å². The Morgan fingerprint density at radius 1 is 0.595 bits per heavy atom. The molecule has 3 heterocycles. The van der Waals surface area contributed by atoms with Gasteiger partial charge in [-0.2, -0.15) is 0 Å². The van der Waals surface area contributed by atoms with E-state index in [1.807, 2.05) is 31.7 Å². The highest BCUT2D eigenvalue weighted by Crippen LogP contribution is 2.26. The van der Waals surface area contributed by atoms with Gasteiger partial charge < -0.3 is 102 Å². The van der Waals surface area contributed by atoms with Crippen molar-refractivity contribution in [3.05, 3.63) is 144 Å². The van der Waals surface area contributed by atoms with Crippen molar-refractivity contribution >= 4 is 109 Å². The van der Waals surface area contributed by atoms with Gasteiger partial charge in [-0.15, -0.1) is 0 Å². The molecule has 2 aliphatic heterocycles. The monoisotopic (exact) mass is 1580 g/mol. The van der Waals surface area contributed by atoms with Crippen LogP contribution in [0.5, 0.6) is 5.75 Å². The van der Waals surface area contributed by atoms with Crippen molar-refractivity contribution in [2.45, 2.75) is 125 Å². The Balaban J connectivity index is 1.23. The minimum absolute atomic E-state index is 0.0181. The van der Waals surface area contributed by atoms with E-state index in [0.717, 1.165) is 34.1 Å². The summed E-state index contributed by atoms with van der Waals surface area (Å²) in [6.45, 7) is 8.07. The van der Waals surface area contributed by atoms with Crippen LogP contribution in [0.4, 0.5) is 5.69 Å². The lowest BCUT2D eigenvalue weighted by Gasteiger charge is -2.38. The highest BCUT2D eigenvalue weighted by Gasteiger charge is 2.38. The third kappa shape index (κ3) is 29.1. The normalized spacial score (nSPS) is 21.5. The van der Waals surface area contributed by atoms with Crippen molar-refractivity contribution in [3.8, 4) is 5.75 Å². The van der Waals surface area contributed by atoms with Crippen LogP contribution in [0.3, 0.4) is 0 Å². The van der Waals surface area contributed by atoms with Crippen LogP contribution in [0.2, 0.25) is 0 Å². The Hall–Kier alpha value is -10.4. The minimum Gasteiger partial charge on any atom is -0.508 e. The van der Waals surface area contributed by atoms with Gasteiger partial charge in [0.1, 0.15) is 48.0 Å². The van der Waals surface area contributed by atoms with Crippen molar-refractivity contribution in [1.29, 1.82) is 0 Å². The zero-order valence-electron chi connectivity index (χ0n) is 62.0. The zero-order chi connectivity index (χ0) is 80.8. The predicted molar refractivity (Wildman–Crippen MR) is 418 cm³/mol. The number of carboxylic acid groups (broad SMARTS) is 1. The van der Waals surface area contributed by atoms with Gasteiger partial charge in [0.05, 0.1) is 44.2 Å². The molecule has 2 aliphatic rings. The number of H-pyrrole nitrogens is 1. The first-order chi connectivity index (χ1) is 52.9. The first kappa shape index (κ1) is 87.8. The van der Waals surface area contributed by atoms with Crippen molar-refractivity contribution in [2.24, 2.45) is 28.7 Å². The number of phenolic OH excluding ortho intramolecular Hbond substituents is 1. The van der Waals surface area contributed by atoms with Crippen LogP contribution in [0, 0.1) is 0 Å². The van der Waals surface area contributed by atoms with Crippen LogP contribution < -0.4 is 76.5 Å². The fraction of sp³-hybridized carbons (Fsp3) is 0.459. The Kier molecular flexibility index (Phi) is 34.7. The minimum atomic E-state index is -1.89. The van der Waals surface area contributed by atoms with Gasteiger partial charge in [0.15, 0.2) is 6.04 Å². The number of primary amides is 4. The number of aromatic nitrogens is 1. The predicted octanol–water partition coefficient (Wildman–Crippen LogP) is -3.72. The molecule has 0 saturated carbocycles. The van der Waals surface area contributed by atoms with E-state index in [1.165, 1.54) is 31.2 Å². The Morgan fingerprint density at radius 2 is 1.14 bits per heavy atom. The summed E-state index contributed by atoms with van der Waals surface area (Å²) >= 11 is 0. The van der Waals surface area contributed by atoms with Gasteiger partial charge in [-0.25, -0.2) is 4.79 Å². The molecule has 602 valence electrons. The van der Waals surface area contributed by atoms with E-state index in [-0.39, 0.29) is 108 Å². The van der Waals surface area contributed by atoms with E-state index in [1.54, 1.807) is 72.9 Å². The number of hydrogen-bond acceptors (Lipinski definition) is 24. The van der Waals surface area contributed by atoms with Crippen molar-refractivity contribution in [2.75, 3.05) is 95.4 Å². The molecule has 0 spiro atoms. The van der Waals surface area contributed by atoms with Crippen LogP contribution in [0.15, 0.2) is 122 Å². The van der Waals surface area contributed by atoms with Gasteiger partial charge in [0.25, 0.3) is 0 Å². The van der Waals surface area contributed by atoms with Crippen LogP contribution in [0.1, 0.15) is 55.4 Å². The number of fused-ring (bicyclic) bond motifs is 1. The lowest BCUT2D eigenvalue weighted by atomic mass is 10.0. The van der Waals surface area contributed by atoms with Gasteiger partial charge >= 0.3 is 5.97 Å². The number of nitrogens with two attached hydrogens (primary N) is 5. The number of carboxylic acids is 1. The van der Waals surface area contributed by atoms with Crippen molar-refractivity contribution in [1.82, 2.24) is 67.1 Å². The Bertz CT molecular complexity index is 4010. The number of aliphatic carboxylic acids is 1. The summed E-state index contributed by atoms with van der Waals surface area (Å²) in [5.41, 5.74) is 32.3. The molecule has 35 nitrogen and oxygen atoms in total. The number of unbranched alkanes of at least 4 members (excludes halogenated alkanes) is 1. The number of hydrogen-bond donors (Lipinski definition) is 19. The van der Waals surface area contributed by atoms with Gasteiger partial charge in [-0.1, -0.05) is 101 Å². The molecule has 11 atom stereocenters. The number of para-hydroxylation sites is 1. The van der Waals surface area contributed by atoms with E-state index in [2.05, 4.69) is 59.4 Å². The number of nitrogens with zero attached hydrogens (tertiary/aromatic N) is 4. The van der Waals surface area contributed by atoms with Crippen LogP contribution in [-0.4, -0.2) is 273 Å². The molecule has 2 saturated heterocycles. The number of aromatic amines is 1. The number of aliphatic hydroxyl groups is 2. The standard InChI is InChI=1S/C74H103N19O16S2/c1-43(94)65-73(107)87-60(72(106)89-66(44(2)95)74(108)109)42-111-110-41-59(71(105)84-57(33-48-18-22-52(96)23-19-48)69(103)85-58(34-49-35-80-54-14-8-7-13-53(49)54)70(104)83-55(67(101)88-65)15-9-10-24-75)86-68(102)56(32-46-11-5-4-6-12-46)82-45(3)81-50-20-16-47(17-21-50)31-51-36-92(39-63(78)99)28-27-90(37-61(76)97)25-26-91(38-62(77)98)29-30-93(51)40-64(79)100/h4-8,11-14,16-23,35,43-44,51,55-60,65-66,80-82,94-96H,3,9-10,15,24-34,36-42,75H2,1-2H3,(H2,76,97)(H2,77,98)(H2,78,99)(H2,79,100)(H,83,104)(H,84,105)(H,85,103)(H,86,102)(H,87,107)(H,88,101)(H,89,106)(H,108,109)/t43-,44-,51+,55+,56-,57+,58-,59+,60+,65+,66+/m1/s1. The average Bonchev–Trinajstić information content (AvgIpc) is 1.74. The number of anilines is 1. The molecule has 2 fully saturated rings. The fourth-order valence-corrected chi connectivity index (χ4v) is 15.1. The molecule has 37 heteroatoms. The molecule has 1 aromatic heterocycles. The van der Waals surface area contributed by atoms with Crippen LogP contribution >= 0.6 is 21.6 Å². The maximum atomic E-state index is 15.4. The number of nitrogens with one attached hydrogen (secondary N) is 10. The molecule has 11 amide bonds. The molecule has 0 bridgehead atoms. The Labute approximate surface area is 650 Å². The number of phenols is 1. The lowest BCUT2D eigenvalue weighted by molar-refractivity contribution is -0.145. The number of rotatable bonds is 31. The summed E-state index contributed by atoms with van der Waals surface area (Å²) in [7, 11) is 1.77. The topological polar surface area (TPSA) is 553 Å². The highest BCUT2D eigenvalue weighted by atomic mass is 33.1. The van der Waals surface area contributed by atoms with E-state index >= 15 is 19.2 Å². The summed E-state index contributed by atoms with van der Waals surface area (Å²) in [5, 5.41) is 67.3.